The summed E-state index contributed by atoms with van der Waals surface area (Å²) in [5, 5.41) is 11.2. The molecule has 1 fully saturated rings. The molecule has 0 spiro atoms. The summed E-state index contributed by atoms with van der Waals surface area (Å²) in [7, 11) is 0. The van der Waals surface area contributed by atoms with Crippen molar-refractivity contribution in [2.75, 3.05) is 0 Å². The average Bonchev–Trinajstić information content (AvgIpc) is 3.02. The molecule has 2 aromatic carbocycles. The van der Waals surface area contributed by atoms with Gasteiger partial charge >= 0.3 is 0 Å². The first-order valence-electron chi connectivity index (χ1n) is 7.68. The number of carbonyl (C=O) groups is 2. The van der Waals surface area contributed by atoms with Crippen molar-refractivity contribution in [1.82, 2.24) is 10.8 Å². The molecule has 0 aromatic heterocycles. The normalized spacial score (nSPS) is 19.6. The number of hydroxylamine groups is 1. The fourth-order valence-electron chi connectivity index (χ4n) is 2.75. The van der Waals surface area contributed by atoms with E-state index >= 15 is 0 Å². The second-order valence-electron chi connectivity index (χ2n) is 5.67. The van der Waals surface area contributed by atoms with Crippen LogP contribution in [0.5, 0.6) is 5.75 Å². The van der Waals surface area contributed by atoms with Crippen LogP contribution in [0.3, 0.4) is 0 Å². The first-order chi connectivity index (χ1) is 11.7. The van der Waals surface area contributed by atoms with Gasteiger partial charge in [-0.05, 0) is 29.7 Å². The highest BCUT2D eigenvalue weighted by Gasteiger charge is 2.36. The van der Waals surface area contributed by atoms with Gasteiger partial charge < -0.3 is 10.1 Å². The quantitative estimate of drug-likeness (QED) is 0.577. The van der Waals surface area contributed by atoms with Gasteiger partial charge in [-0.15, -0.1) is 0 Å². The Kier molecular flexibility index (Phi) is 4.77. The maximum absolute atomic E-state index is 12.0. The summed E-state index contributed by atoms with van der Waals surface area (Å²) in [6, 6.07) is 16.4. The van der Waals surface area contributed by atoms with E-state index in [1.165, 1.54) is 0 Å². The van der Waals surface area contributed by atoms with Crippen LogP contribution in [0.1, 0.15) is 23.5 Å². The maximum Gasteiger partial charge on any atom is 0.265 e. The van der Waals surface area contributed by atoms with Gasteiger partial charge in [0, 0.05) is 0 Å². The summed E-state index contributed by atoms with van der Waals surface area (Å²) in [6.45, 7) is 0.475. The van der Waals surface area contributed by atoms with E-state index in [1.807, 2.05) is 54.6 Å². The number of ether oxygens (including phenoxy) is 1. The van der Waals surface area contributed by atoms with Crippen LogP contribution in [0.2, 0.25) is 0 Å². The Labute approximate surface area is 139 Å². The van der Waals surface area contributed by atoms with E-state index in [0.29, 0.717) is 18.8 Å². The lowest BCUT2D eigenvalue weighted by Gasteiger charge is -2.10. The van der Waals surface area contributed by atoms with Crippen LogP contribution >= 0.6 is 0 Å². The number of carbonyl (C=O) groups excluding carboxylic acids is 2. The molecule has 0 saturated carbocycles. The summed E-state index contributed by atoms with van der Waals surface area (Å²) in [6.07, 6.45) is 0.315. The molecule has 0 bridgehead atoms. The van der Waals surface area contributed by atoms with Crippen molar-refractivity contribution in [3.05, 3.63) is 65.7 Å². The van der Waals surface area contributed by atoms with Gasteiger partial charge in [0.25, 0.3) is 5.91 Å². The van der Waals surface area contributed by atoms with E-state index in [-0.39, 0.29) is 5.91 Å². The molecule has 0 radical (unpaired) electrons. The number of amides is 2. The van der Waals surface area contributed by atoms with Crippen LogP contribution in [0, 0.1) is 0 Å². The molecule has 0 aliphatic carbocycles. The second-order valence-corrected chi connectivity index (χ2v) is 5.67. The van der Waals surface area contributed by atoms with Crippen LogP contribution in [0.4, 0.5) is 0 Å². The smallest absolute Gasteiger partial charge is 0.265 e. The van der Waals surface area contributed by atoms with E-state index in [4.69, 9.17) is 9.94 Å². The standard InChI is InChI=1S/C18H18N2O4/c21-17-15(10-16(19-17)18(22)20-23)13-6-8-14(9-7-13)24-11-12-4-2-1-3-5-12/h1-9,15-16,23H,10-11H2,(H,19,21)(H,20,22)/t15-,16+/m0/s1. The van der Waals surface area contributed by atoms with Crippen molar-refractivity contribution < 1.29 is 19.5 Å². The molecule has 2 amide bonds. The topological polar surface area (TPSA) is 87.7 Å². The highest BCUT2D eigenvalue weighted by Crippen LogP contribution is 2.28. The first kappa shape index (κ1) is 16.0. The number of benzene rings is 2. The second kappa shape index (κ2) is 7.14. The average molecular weight is 326 g/mol. The Balaban J connectivity index is 1.62. The van der Waals surface area contributed by atoms with Crippen LogP contribution in [0.15, 0.2) is 54.6 Å². The molecule has 2 aromatic rings. The Morgan fingerprint density at radius 2 is 1.88 bits per heavy atom. The summed E-state index contributed by atoms with van der Waals surface area (Å²) in [4.78, 5) is 23.4. The Bertz CT molecular complexity index is 716. The third-order valence-electron chi connectivity index (χ3n) is 4.06. The summed E-state index contributed by atoms with van der Waals surface area (Å²) >= 11 is 0. The lowest BCUT2D eigenvalue weighted by atomic mass is 9.95. The minimum absolute atomic E-state index is 0.221. The third kappa shape index (κ3) is 3.55. The van der Waals surface area contributed by atoms with E-state index in [9.17, 15) is 9.59 Å². The monoisotopic (exact) mass is 326 g/mol. The number of nitrogens with one attached hydrogen (secondary N) is 2. The van der Waals surface area contributed by atoms with Gasteiger partial charge in [0.15, 0.2) is 0 Å². The van der Waals surface area contributed by atoms with E-state index in [2.05, 4.69) is 5.32 Å². The molecule has 6 nitrogen and oxygen atoms in total. The Morgan fingerprint density at radius 1 is 1.17 bits per heavy atom. The van der Waals surface area contributed by atoms with E-state index < -0.39 is 17.9 Å². The third-order valence-corrected chi connectivity index (χ3v) is 4.06. The summed E-state index contributed by atoms with van der Waals surface area (Å²) in [5.41, 5.74) is 3.46. The summed E-state index contributed by atoms with van der Waals surface area (Å²) < 4.78 is 5.72. The molecule has 124 valence electrons. The molecule has 24 heavy (non-hydrogen) atoms. The predicted octanol–water partition coefficient (Wildman–Crippen LogP) is 1.74. The van der Waals surface area contributed by atoms with Gasteiger partial charge in [0.05, 0.1) is 5.92 Å². The lowest BCUT2D eigenvalue weighted by molar-refractivity contribution is -0.132. The zero-order chi connectivity index (χ0) is 16.9. The first-order valence-corrected chi connectivity index (χ1v) is 7.68. The fourth-order valence-corrected chi connectivity index (χ4v) is 2.75. The highest BCUT2D eigenvalue weighted by atomic mass is 16.5. The van der Waals surface area contributed by atoms with Gasteiger partial charge in [0.2, 0.25) is 5.91 Å². The van der Waals surface area contributed by atoms with E-state index in [0.717, 1.165) is 11.1 Å². The lowest BCUT2D eigenvalue weighted by Crippen LogP contribution is -2.40. The van der Waals surface area contributed by atoms with Crippen LogP contribution in [0.25, 0.3) is 0 Å². The molecule has 0 unspecified atom stereocenters. The van der Waals surface area contributed by atoms with Crippen molar-refractivity contribution in [2.24, 2.45) is 0 Å². The zero-order valence-electron chi connectivity index (χ0n) is 12.9. The minimum atomic E-state index is -0.707. The molecular weight excluding hydrogens is 308 g/mol. The molecule has 1 aliphatic heterocycles. The number of hydrogen-bond donors (Lipinski definition) is 3. The predicted molar refractivity (Wildman–Crippen MR) is 86.4 cm³/mol. The van der Waals surface area contributed by atoms with Crippen LogP contribution in [-0.4, -0.2) is 23.1 Å². The van der Waals surface area contributed by atoms with Gasteiger partial charge in [-0.25, -0.2) is 5.48 Å². The van der Waals surface area contributed by atoms with Crippen molar-refractivity contribution in [2.45, 2.75) is 25.0 Å². The molecule has 3 rings (SSSR count). The van der Waals surface area contributed by atoms with Gasteiger partial charge in [-0.3, -0.25) is 14.8 Å². The van der Waals surface area contributed by atoms with Crippen molar-refractivity contribution in [3.8, 4) is 5.75 Å². The largest absolute Gasteiger partial charge is 0.489 e. The van der Waals surface area contributed by atoms with Crippen LogP contribution in [-0.2, 0) is 16.2 Å². The Hall–Kier alpha value is -2.86. The van der Waals surface area contributed by atoms with Crippen molar-refractivity contribution in [1.29, 1.82) is 0 Å². The molecule has 1 saturated heterocycles. The molecule has 6 heteroatoms. The molecule has 1 aliphatic rings. The molecule has 1 heterocycles. The number of hydrogen-bond acceptors (Lipinski definition) is 4. The molecule has 2 atom stereocenters. The van der Waals surface area contributed by atoms with E-state index in [1.54, 1.807) is 5.48 Å². The minimum Gasteiger partial charge on any atom is -0.489 e. The maximum atomic E-state index is 12.0. The fraction of sp³-hybridized carbons (Fsp3) is 0.222. The van der Waals surface area contributed by atoms with Crippen LogP contribution < -0.4 is 15.5 Å². The van der Waals surface area contributed by atoms with Gasteiger partial charge in [-0.1, -0.05) is 42.5 Å². The SMILES string of the molecule is O=C1N[C@@H](C(=O)NO)C[C@H]1c1ccc(OCc2ccccc2)cc1. The van der Waals surface area contributed by atoms with Gasteiger partial charge in [0.1, 0.15) is 18.4 Å². The highest BCUT2D eigenvalue weighted by molar-refractivity contribution is 5.94. The van der Waals surface area contributed by atoms with Crippen molar-refractivity contribution >= 4 is 11.8 Å². The molecular formula is C18H18N2O4. The summed E-state index contributed by atoms with van der Waals surface area (Å²) in [5.74, 6) is -0.517. The van der Waals surface area contributed by atoms with Gasteiger partial charge in [-0.2, -0.15) is 0 Å². The molecule has 3 N–H and O–H groups in total. The Morgan fingerprint density at radius 3 is 2.54 bits per heavy atom. The zero-order valence-corrected chi connectivity index (χ0v) is 12.9. The number of rotatable bonds is 5. The van der Waals surface area contributed by atoms with Crippen molar-refractivity contribution in [3.63, 3.8) is 0 Å².